The molecule has 4 rings (SSSR count). The Morgan fingerprint density at radius 3 is 2.42 bits per heavy atom. The van der Waals surface area contributed by atoms with Gasteiger partial charge in [-0.05, 0) is 49.7 Å². The summed E-state index contributed by atoms with van der Waals surface area (Å²) in [6.07, 6.45) is 0. The number of rotatable bonds is 6. The molecule has 1 amide bonds. The van der Waals surface area contributed by atoms with E-state index in [2.05, 4.69) is 5.32 Å². The second kappa shape index (κ2) is 8.88. The number of carbonyl (C=O) groups excluding carboxylic acids is 1. The Morgan fingerprint density at radius 2 is 1.71 bits per heavy atom. The molecule has 5 heteroatoms. The molecular formula is C26H25N3O2. The van der Waals surface area contributed by atoms with Crippen molar-refractivity contribution >= 4 is 5.91 Å². The van der Waals surface area contributed by atoms with E-state index in [-0.39, 0.29) is 11.9 Å². The number of amides is 1. The highest BCUT2D eigenvalue weighted by molar-refractivity contribution is 5.94. The van der Waals surface area contributed by atoms with E-state index in [1.807, 2.05) is 98.8 Å². The largest absolute Gasteiger partial charge is 0.497 e. The first kappa shape index (κ1) is 20.4. The number of aromatic nitrogens is 2. The minimum atomic E-state index is -0.182. The molecule has 1 unspecified atom stereocenters. The summed E-state index contributed by atoms with van der Waals surface area (Å²) in [6.45, 7) is 4.01. The first-order chi connectivity index (χ1) is 15.0. The minimum Gasteiger partial charge on any atom is -0.497 e. The molecule has 1 N–H and O–H groups in total. The van der Waals surface area contributed by atoms with Crippen LogP contribution in [0, 0.1) is 6.92 Å². The number of hydrogen-bond acceptors (Lipinski definition) is 3. The summed E-state index contributed by atoms with van der Waals surface area (Å²) in [7, 11) is 1.63. The van der Waals surface area contributed by atoms with Gasteiger partial charge in [-0.2, -0.15) is 5.10 Å². The van der Waals surface area contributed by atoms with Gasteiger partial charge in [0, 0.05) is 5.56 Å². The topological polar surface area (TPSA) is 56.1 Å². The standard InChI is InChI=1S/C26H25N3O2/c1-18-12-14-22(15-13-18)29-25(26(30)27-19(2)20-8-5-4-6-9-20)17-24(28-29)21-10-7-11-23(16-21)31-3/h4-17,19H,1-3H3,(H,27,30). The Balaban J connectivity index is 1.73. The Kier molecular flexibility index (Phi) is 5.85. The number of nitrogens with zero attached hydrogens (tertiary/aromatic N) is 2. The third-order valence-electron chi connectivity index (χ3n) is 5.23. The van der Waals surface area contributed by atoms with Gasteiger partial charge in [0.25, 0.3) is 5.91 Å². The molecule has 3 aromatic carbocycles. The summed E-state index contributed by atoms with van der Waals surface area (Å²) in [5.41, 5.74) is 5.09. The van der Waals surface area contributed by atoms with Gasteiger partial charge in [0.15, 0.2) is 0 Å². The monoisotopic (exact) mass is 411 g/mol. The number of nitrogens with one attached hydrogen (secondary N) is 1. The Hall–Kier alpha value is -3.86. The zero-order valence-electron chi connectivity index (χ0n) is 17.9. The fourth-order valence-corrected chi connectivity index (χ4v) is 3.44. The van der Waals surface area contributed by atoms with Crippen LogP contribution in [0.1, 0.15) is 34.6 Å². The van der Waals surface area contributed by atoms with Crippen LogP contribution in [-0.2, 0) is 0 Å². The van der Waals surface area contributed by atoms with E-state index in [1.54, 1.807) is 11.8 Å². The molecule has 1 heterocycles. The molecule has 31 heavy (non-hydrogen) atoms. The molecule has 0 radical (unpaired) electrons. The first-order valence-corrected chi connectivity index (χ1v) is 10.2. The average Bonchev–Trinajstić information content (AvgIpc) is 3.26. The molecule has 0 saturated carbocycles. The Labute approximate surface area is 182 Å². The number of ether oxygens (including phenoxy) is 1. The maximum atomic E-state index is 13.3. The van der Waals surface area contributed by atoms with Crippen molar-refractivity contribution in [1.82, 2.24) is 15.1 Å². The van der Waals surface area contributed by atoms with E-state index in [0.29, 0.717) is 11.4 Å². The van der Waals surface area contributed by atoms with Gasteiger partial charge < -0.3 is 10.1 Å². The van der Waals surface area contributed by atoms with Gasteiger partial charge in [-0.25, -0.2) is 4.68 Å². The number of benzene rings is 3. The van der Waals surface area contributed by atoms with Crippen molar-refractivity contribution in [3.63, 3.8) is 0 Å². The van der Waals surface area contributed by atoms with Crippen molar-refractivity contribution in [3.05, 3.63) is 102 Å². The van der Waals surface area contributed by atoms with Gasteiger partial charge in [0.2, 0.25) is 0 Å². The smallest absolute Gasteiger partial charge is 0.270 e. The van der Waals surface area contributed by atoms with Crippen LogP contribution in [0.4, 0.5) is 0 Å². The normalized spacial score (nSPS) is 11.7. The van der Waals surface area contributed by atoms with Crippen LogP contribution in [0.15, 0.2) is 84.9 Å². The maximum absolute atomic E-state index is 13.3. The summed E-state index contributed by atoms with van der Waals surface area (Å²) in [6, 6.07) is 27.2. The van der Waals surface area contributed by atoms with Crippen molar-refractivity contribution < 1.29 is 9.53 Å². The highest BCUT2D eigenvalue weighted by Crippen LogP contribution is 2.26. The third kappa shape index (κ3) is 4.51. The van der Waals surface area contributed by atoms with Crippen LogP contribution in [0.2, 0.25) is 0 Å². The number of hydrogen-bond donors (Lipinski definition) is 1. The second-order valence-electron chi connectivity index (χ2n) is 7.50. The molecule has 156 valence electrons. The lowest BCUT2D eigenvalue weighted by Gasteiger charge is -2.15. The molecule has 1 aromatic heterocycles. The second-order valence-corrected chi connectivity index (χ2v) is 7.50. The van der Waals surface area contributed by atoms with E-state index in [4.69, 9.17) is 9.84 Å². The third-order valence-corrected chi connectivity index (χ3v) is 5.23. The van der Waals surface area contributed by atoms with E-state index in [1.165, 1.54) is 0 Å². The van der Waals surface area contributed by atoms with Gasteiger partial charge in [-0.1, -0.05) is 60.2 Å². The fraction of sp³-hybridized carbons (Fsp3) is 0.154. The van der Waals surface area contributed by atoms with Crippen LogP contribution >= 0.6 is 0 Å². The van der Waals surface area contributed by atoms with Crippen molar-refractivity contribution in [2.75, 3.05) is 7.11 Å². The van der Waals surface area contributed by atoms with Crippen LogP contribution in [0.5, 0.6) is 5.75 Å². The van der Waals surface area contributed by atoms with Gasteiger partial charge >= 0.3 is 0 Å². The van der Waals surface area contributed by atoms with Crippen LogP contribution < -0.4 is 10.1 Å². The lowest BCUT2D eigenvalue weighted by atomic mass is 10.1. The predicted octanol–water partition coefficient (Wildman–Crippen LogP) is 5.35. The zero-order chi connectivity index (χ0) is 21.8. The Morgan fingerprint density at radius 1 is 0.968 bits per heavy atom. The summed E-state index contributed by atoms with van der Waals surface area (Å²) in [4.78, 5) is 13.3. The van der Waals surface area contributed by atoms with Crippen LogP contribution in [0.3, 0.4) is 0 Å². The summed E-state index contributed by atoms with van der Waals surface area (Å²) in [5, 5.41) is 7.85. The minimum absolute atomic E-state index is 0.129. The van der Waals surface area contributed by atoms with E-state index in [0.717, 1.165) is 28.1 Å². The van der Waals surface area contributed by atoms with E-state index < -0.39 is 0 Å². The Bertz CT molecular complexity index is 1180. The molecule has 1 atom stereocenters. The van der Waals surface area contributed by atoms with E-state index in [9.17, 15) is 4.79 Å². The average molecular weight is 412 g/mol. The molecular weight excluding hydrogens is 386 g/mol. The van der Waals surface area contributed by atoms with Crippen molar-refractivity contribution in [2.24, 2.45) is 0 Å². The maximum Gasteiger partial charge on any atom is 0.270 e. The van der Waals surface area contributed by atoms with Gasteiger partial charge in [0.1, 0.15) is 11.4 Å². The summed E-state index contributed by atoms with van der Waals surface area (Å²) < 4.78 is 7.04. The fourth-order valence-electron chi connectivity index (χ4n) is 3.44. The van der Waals surface area contributed by atoms with Crippen LogP contribution in [0.25, 0.3) is 16.9 Å². The zero-order valence-corrected chi connectivity index (χ0v) is 17.9. The molecule has 0 bridgehead atoms. The quantitative estimate of drug-likeness (QED) is 0.465. The van der Waals surface area contributed by atoms with E-state index >= 15 is 0 Å². The number of aryl methyl sites for hydroxylation is 1. The van der Waals surface area contributed by atoms with Gasteiger partial charge in [-0.15, -0.1) is 0 Å². The van der Waals surface area contributed by atoms with Gasteiger partial charge in [-0.3, -0.25) is 4.79 Å². The highest BCUT2D eigenvalue weighted by atomic mass is 16.5. The van der Waals surface area contributed by atoms with Crippen molar-refractivity contribution in [3.8, 4) is 22.7 Å². The molecule has 5 nitrogen and oxygen atoms in total. The molecule has 0 aliphatic carbocycles. The molecule has 4 aromatic rings. The highest BCUT2D eigenvalue weighted by Gasteiger charge is 2.20. The predicted molar refractivity (Wildman–Crippen MR) is 123 cm³/mol. The van der Waals surface area contributed by atoms with Crippen LogP contribution in [-0.4, -0.2) is 22.8 Å². The SMILES string of the molecule is COc1cccc(-c2cc(C(=O)NC(C)c3ccccc3)n(-c3ccc(C)cc3)n2)c1. The van der Waals surface area contributed by atoms with Gasteiger partial charge in [0.05, 0.1) is 24.5 Å². The molecule has 0 saturated heterocycles. The summed E-state index contributed by atoms with van der Waals surface area (Å²) >= 11 is 0. The number of methoxy groups -OCH3 is 1. The van der Waals surface area contributed by atoms with Crippen molar-refractivity contribution in [1.29, 1.82) is 0 Å². The lowest BCUT2D eigenvalue weighted by molar-refractivity contribution is 0.0932. The lowest BCUT2D eigenvalue weighted by Crippen LogP contribution is -2.28. The molecule has 0 aliphatic rings. The molecule has 0 spiro atoms. The van der Waals surface area contributed by atoms with Crippen molar-refractivity contribution in [2.45, 2.75) is 19.9 Å². The molecule has 0 fully saturated rings. The molecule has 0 aliphatic heterocycles. The summed E-state index contributed by atoms with van der Waals surface area (Å²) in [5.74, 6) is 0.560. The first-order valence-electron chi connectivity index (χ1n) is 10.2. The number of carbonyl (C=O) groups is 1.